The second kappa shape index (κ2) is 22.3. The zero-order valence-electron chi connectivity index (χ0n) is 25.5. The highest BCUT2D eigenvalue weighted by Crippen LogP contribution is 2.15. The molecule has 1 aromatic rings. The van der Waals surface area contributed by atoms with Crippen molar-refractivity contribution >= 4 is 11.7 Å². The largest absolute Gasteiger partial charge is 0.626 e. The predicted molar refractivity (Wildman–Crippen MR) is 164 cm³/mol. The van der Waals surface area contributed by atoms with Crippen molar-refractivity contribution in [3.05, 3.63) is 39.2 Å². The van der Waals surface area contributed by atoms with Crippen molar-refractivity contribution in [2.24, 2.45) is 0 Å². The van der Waals surface area contributed by atoms with Gasteiger partial charge in [0.05, 0.1) is 18.7 Å². The third kappa shape index (κ3) is 16.1. The Morgan fingerprint density at radius 1 is 0.854 bits per heavy atom. The number of unbranched alkanes of at least 4 members (excludes halogenated alkanes) is 15. The van der Waals surface area contributed by atoms with Crippen molar-refractivity contribution in [1.82, 2.24) is 9.88 Å². The zero-order chi connectivity index (χ0) is 29.5. The fourth-order valence-electron chi connectivity index (χ4n) is 5.39. The second-order valence-corrected chi connectivity index (χ2v) is 11.4. The van der Waals surface area contributed by atoms with Crippen LogP contribution in [-0.2, 0) is 4.84 Å². The van der Waals surface area contributed by atoms with Gasteiger partial charge in [-0.3, -0.25) is 4.90 Å². The number of rotatable bonds is 24. The van der Waals surface area contributed by atoms with Gasteiger partial charge in [0.2, 0.25) is 0 Å². The number of nitrogens with one attached hydrogen (secondary N) is 1. The number of piperazine rings is 1. The maximum absolute atomic E-state index is 12.6. The lowest BCUT2D eigenvalue weighted by Gasteiger charge is -2.35. The lowest BCUT2D eigenvalue weighted by atomic mass is 10.0. The van der Waals surface area contributed by atoms with E-state index in [0.29, 0.717) is 12.1 Å². The summed E-state index contributed by atoms with van der Waals surface area (Å²) in [6.07, 6.45) is 21.1. The zero-order valence-corrected chi connectivity index (χ0v) is 25.5. The molecule has 0 saturated carbocycles. The van der Waals surface area contributed by atoms with Crippen LogP contribution in [0.25, 0.3) is 0 Å². The summed E-state index contributed by atoms with van der Waals surface area (Å²) in [6, 6.07) is 3.64. The number of amides is 1. The number of nitrogens with zero attached hydrogens (tertiary/aromatic N) is 4. The van der Waals surface area contributed by atoms with Gasteiger partial charge in [-0.1, -0.05) is 90.4 Å². The van der Waals surface area contributed by atoms with Gasteiger partial charge in [-0.05, 0) is 44.4 Å². The molecule has 1 fully saturated rings. The van der Waals surface area contributed by atoms with Crippen LogP contribution in [0.4, 0.5) is 5.82 Å². The molecule has 1 saturated heterocycles. The van der Waals surface area contributed by atoms with Gasteiger partial charge >= 0.3 is 5.91 Å². The molecule has 234 valence electrons. The van der Waals surface area contributed by atoms with Gasteiger partial charge in [0.25, 0.3) is 5.09 Å². The summed E-state index contributed by atoms with van der Waals surface area (Å²) < 4.78 is 0. The first-order valence-electron chi connectivity index (χ1n) is 16.3. The molecule has 1 unspecified atom stereocenters. The quantitative estimate of drug-likeness (QED) is 0.0961. The maximum Gasteiger partial charge on any atom is 0.345 e. The fourth-order valence-corrected chi connectivity index (χ4v) is 5.39. The summed E-state index contributed by atoms with van der Waals surface area (Å²) in [4.78, 5) is 36.2. The molecule has 1 N–H and O–H groups in total. The average molecular weight is 578 g/mol. The van der Waals surface area contributed by atoms with E-state index in [0.717, 1.165) is 77.1 Å². The Bertz CT molecular complexity index is 818. The molecule has 2 rings (SSSR count). The number of hydrogen-bond acceptors (Lipinski definition) is 8. The van der Waals surface area contributed by atoms with Crippen LogP contribution in [0, 0.1) is 15.3 Å². The molecule has 0 aliphatic carbocycles. The summed E-state index contributed by atoms with van der Waals surface area (Å²) in [5, 5.41) is 21.5. The fraction of sp³-hybridized carbons (Fsp3) is 0.806. The van der Waals surface area contributed by atoms with Gasteiger partial charge in [0.15, 0.2) is 0 Å². The number of aromatic nitrogens is 1. The summed E-state index contributed by atoms with van der Waals surface area (Å²) in [7, 11) is 0. The molecule has 1 aliphatic rings. The summed E-state index contributed by atoms with van der Waals surface area (Å²) in [6.45, 7) is 7.89. The van der Waals surface area contributed by atoms with Gasteiger partial charge in [0.1, 0.15) is 5.82 Å². The van der Waals surface area contributed by atoms with Crippen molar-refractivity contribution in [3.8, 4) is 0 Å². The van der Waals surface area contributed by atoms with Crippen LogP contribution in [0.2, 0.25) is 0 Å². The van der Waals surface area contributed by atoms with Crippen LogP contribution >= 0.6 is 0 Å². The highest BCUT2D eigenvalue weighted by molar-refractivity contribution is 5.87. The van der Waals surface area contributed by atoms with Crippen molar-refractivity contribution in [2.75, 3.05) is 50.8 Å². The Morgan fingerprint density at radius 2 is 1.39 bits per heavy atom. The number of carbonyl (C=O) groups excluding carboxylic acids is 1. The summed E-state index contributed by atoms with van der Waals surface area (Å²) in [5.41, 5.74) is 0.403. The van der Waals surface area contributed by atoms with Crippen LogP contribution in [-0.4, -0.2) is 66.8 Å². The Labute approximate surface area is 247 Å². The Hall–Kier alpha value is -2.30. The molecular formula is C31H55N5O5. The number of anilines is 1. The predicted octanol–water partition coefficient (Wildman–Crippen LogP) is 5.59. The van der Waals surface area contributed by atoms with Gasteiger partial charge in [-0.2, -0.15) is 0 Å². The van der Waals surface area contributed by atoms with E-state index < -0.39 is 11.0 Å². The van der Waals surface area contributed by atoms with Crippen LogP contribution in [0.5, 0.6) is 0 Å². The molecule has 41 heavy (non-hydrogen) atoms. The third-order valence-corrected chi connectivity index (χ3v) is 8.03. The standard InChI is InChI=1S/C31H55N5O5/c1-2-3-21-33-23-25-34(26-24-33)30-20-19-29(28-32-30)31(37)35(38)22-17-15-13-11-9-7-5-4-6-8-10-12-14-16-18-27-41-36(39)40/h19-20,28,35H,2-18,21-27H2,1H3. The van der Waals surface area contributed by atoms with Crippen molar-refractivity contribution < 1.29 is 19.8 Å². The lowest BCUT2D eigenvalue weighted by molar-refractivity contribution is -0.757. The Balaban J connectivity index is 1.41. The third-order valence-electron chi connectivity index (χ3n) is 8.03. The second-order valence-electron chi connectivity index (χ2n) is 11.4. The van der Waals surface area contributed by atoms with E-state index in [1.54, 1.807) is 12.3 Å². The molecular weight excluding hydrogens is 522 g/mol. The molecule has 0 aromatic carbocycles. The number of quaternary nitrogens is 1. The van der Waals surface area contributed by atoms with Gasteiger partial charge in [-0.25, -0.2) is 9.78 Å². The monoisotopic (exact) mass is 577 g/mol. The molecule has 2 heterocycles. The Kier molecular flexibility index (Phi) is 19.0. The molecule has 10 nitrogen and oxygen atoms in total. The molecule has 0 radical (unpaired) electrons. The molecule has 1 aliphatic heterocycles. The lowest BCUT2D eigenvalue weighted by Crippen LogP contribution is -3.10. The van der Waals surface area contributed by atoms with E-state index >= 15 is 0 Å². The van der Waals surface area contributed by atoms with Crippen LogP contribution in [0.15, 0.2) is 18.3 Å². The van der Waals surface area contributed by atoms with E-state index in [1.807, 2.05) is 6.07 Å². The molecule has 10 heteroatoms. The van der Waals surface area contributed by atoms with Crippen LogP contribution in [0.1, 0.15) is 126 Å². The first-order valence-corrected chi connectivity index (χ1v) is 16.3. The molecule has 1 amide bonds. The average Bonchev–Trinajstić information content (AvgIpc) is 2.99. The minimum absolute atomic E-state index is 0.218. The smallest absolute Gasteiger partial charge is 0.345 e. The van der Waals surface area contributed by atoms with Crippen molar-refractivity contribution in [3.63, 3.8) is 0 Å². The van der Waals surface area contributed by atoms with E-state index in [-0.39, 0.29) is 11.7 Å². The minimum Gasteiger partial charge on any atom is -0.626 e. The SMILES string of the molecule is CCCCN1CCN(c2ccc(C(=O)[NH+]([O-])CCCCCCCCCCCCCCCCCO[N+](=O)[O-])cn2)CC1. The van der Waals surface area contributed by atoms with E-state index in [2.05, 4.69) is 26.5 Å². The van der Waals surface area contributed by atoms with Gasteiger partial charge in [0, 0.05) is 32.4 Å². The molecule has 1 aromatic heterocycles. The Morgan fingerprint density at radius 3 is 1.88 bits per heavy atom. The van der Waals surface area contributed by atoms with Crippen LogP contribution < -0.4 is 9.96 Å². The first-order chi connectivity index (χ1) is 20.0. The number of hydroxylamine groups is 2. The number of carbonyl (C=O) groups is 1. The van der Waals surface area contributed by atoms with E-state index in [1.165, 1.54) is 70.6 Å². The topological polar surface area (TPSA) is 116 Å². The number of hydrogen-bond donors (Lipinski definition) is 1. The first kappa shape index (κ1) is 34.9. The summed E-state index contributed by atoms with van der Waals surface area (Å²) >= 11 is 0. The van der Waals surface area contributed by atoms with Gasteiger partial charge < -0.3 is 20.0 Å². The van der Waals surface area contributed by atoms with E-state index in [9.17, 15) is 20.1 Å². The highest BCUT2D eigenvalue weighted by atomic mass is 16.9. The highest BCUT2D eigenvalue weighted by Gasteiger charge is 2.19. The molecule has 0 bridgehead atoms. The minimum atomic E-state index is -0.720. The molecule has 1 atom stereocenters. The van der Waals surface area contributed by atoms with Gasteiger partial charge in [-0.15, -0.1) is 10.1 Å². The van der Waals surface area contributed by atoms with Crippen LogP contribution in [0.3, 0.4) is 0 Å². The number of pyridine rings is 1. The molecule has 0 spiro atoms. The summed E-state index contributed by atoms with van der Waals surface area (Å²) in [5.74, 6) is 0.479. The van der Waals surface area contributed by atoms with Crippen molar-refractivity contribution in [2.45, 2.75) is 116 Å². The maximum atomic E-state index is 12.6. The van der Waals surface area contributed by atoms with Crippen molar-refractivity contribution in [1.29, 1.82) is 0 Å². The van der Waals surface area contributed by atoms with E-state index in [4.69, 9.17) is 0 Å². The normalized spacial score (nSPS) is 14.7.